The predicted molar refractivity (Wildman–Crippen MR) is 72.7 cm³/mol. The predicted octanol–water partition coefficient (Wildman–Crippen LogP) is 3.28. The van der Waals surface area contributed by atoms with E-state index in [9.17, 15) is 4.79 Å². The summed E-state index contributed by atoms with van der Waals surface area (Å²) in [5.74, 6) is 0.213. The monoisotopic (exact) mass is 242 g/mol. The van der Waals surface area contributed by atoms with E-state index in [1.54, 1.807) is 5.01 Å². The van der Waals surface area contributed by atoms with Crippen molar-refractivity contribution >= 4 is 17.3 Å². The summed E-state index contributed by atoms with van der Waals surface area (Å²) < 4.78 is 0. The minimum absolute atomic E-state index is 0.0498. The number of benzene rings is 1. The molecule has 0 spiro atoms. The molecular formula is C15H18N2O. The molecule has 3 nitrogen and oxygen atoms in total. The third kappa shape index (κ3) is 1.94. The number of carbonyl (C=O) groups is 1. The number of fused-ring (bicyclic) bond motifs is 1. The lowest BCUT2D eigenvalue weighted by atomic mass is 9.98. The van der Waals surface area contributed by atoms with Gasteiger partial charge in [0.25, 0.3) is 5.91 Å². The summed E-state index contributed by atoms with van der Waals surface area (Å²) in [5.41, 5.74) is 3.19. The van der Waals surface area contributed by atoms with Crippen LogP contribution in [0.2, 0.25) is 0 Å². The Morgan fingerprint density at radius 1 is 1.17 bits per heavy atom. The van der Waals surface area contributed by atoms with E-state index in [-0.39, 0.29) is 11.8 Å². The molecule has 3 heteroatoms. The van der Waals surface area contributed by atoms with Crippen LogP contribution in [0.15, 0.2) is 29.4 Å². The molecule has 1 aliphatic carbocycles. The highest BCUT2D eigenvalue weighted by Crippen LogP contribution is 2.31. The first-order valence-corrected chi connectivity index (χ1v) is 6.74. The zero-order valence-corrected chi connectivity index (χ0v) is 10.7. The van der Waals surface area contributed by atoms with Crippen molar-refractivity contribution in [2.75, 3.05) is 5.01 Å². The summed E-state index contributed by atoms with van der Waals surface area (Å²) in [6.07, 6.45) is 5.51. The molecule has 1 aromatic rings. The molecule has 0 saturated heterocycles. The van der Waals surface area contributed by atoms with Crippen molar-refractivity contribution < 1.29 is 4.79 Å². The molecule has 1 unspecified atom stereocenters. The Morgan fingerprint density at radius 3 is 2.72 bits per heavy atom. The first kappa shape index (κ1) is 11.5. The van der Waals surface area contributed by atoms with Gasteiger partial charge in [-0.3, -0.25) is 4.79 Å². The van der Waals surface area contributed by atoms with Gasteiger partial charge in [-0.2, -0.15) is 5.10 Å². The lowest BCUT2D eigenvalue weighted by molar-refractivity contribution is -0.119. The van der Waals surface area contributed by atoms with E-state index in [4.69, 9.17) is 0 Å². The molecular weight excluding hydrogens is 224 g/mol. The first-order chi connectivity index (χ1) is 8.75. The number of hydrogen-bond donors (Lipinski definition) is 0. The molecule has 1 heterocycles. The maximum Gasteiger partial charge on any atom is 0.256 e. The van der Waals surface area contributed by atoms with Gasteiger partial charge in [-0.05, 0) is 38.3 Å². The Kier molecular flexibility index (Phi) is 2.90. The quantitative estimate of drug-likeness (QED) is 0.743. The summed E-state index contributed by atoms with van der Waals surface area (Å²) in [6.45, 7) is 2.05. The molecule has 94 valence electrons. The molecule has 1 amide bonds. The van der Waals surface area contributed by atoms with Crippen molar-refractivity contribution in [3.05, 3.63) is 29.8 Å². The van der Waals surface area contributed by atoms with Gasteiger partial charge in [0.05, 0.1) is 17.3 Å². The Labute approximate surface area is 107 Å². The lowest BCUT2D eigenvalue weighted by Gasteiger charge is -2.14. The SMILES string of the molecule is Cc1ccc(N2N=C3CCCCCC3C2=O)cc1. The third-order valence-corrected chi connectivity index (χ3v) is 3.84. The maximum atomic E-state index is 12.4. The molecule has 3 rings (SSSR count). The van der Waals surface area contributed by atoms with Gasteiger partial charge in [-0.1, -0.05) is 30.5 Å². The first-order valence-electron chi connectivity index (χ1n) is 6.74. The number of carbonyl (C=O) groups excluding carboxylic acids is 1. The highest BCUT2D eigenvalue weighted by Gasteiger charge is 2.36. The van der Waals surface area contributed by atoms with Crippen molar-refractivity contribution in [3.8, 4) is 0 Å². The summed E-state index contributed by atoms with van der Waals surface area (Å²) >= 11 is 0. The fraction of sp³-hybridized carbons (Fsp3) is 0.467. The molecule has 0 bridgehead atoms. The number of nitrogens with zero attached hydrogens (tertiary/aromatic N) is 2. The fourth-order valence-corrected chi connectivity index (χ4v) is 2.75. The summed E-state index contributed by atoms with van der Waals surface area (Å²) in [5, 5.41) is 6.15. The van der Waals surface area contributed by atoms with Crippen LogP contribution in [0.3, 0.4) is 0 Å². The van der Waals surface area contributed by atoms with Crippen LogP contribution in [0.4, 0.5) is 5.69 Å². The van der Waals surface area contributed by atoms with E-state index in [0.29, 0.717) is 0 Å². The zero-order valence-electron chi connectivity index (χ0n) is 10.7. The van der Waals surface area contributed by atoms with Crippen LogP contribution in [-0.4, -0.2) is 11.6 Å². The molecule has 0 radical (unpaired) electrons. The number of aryl methyl sites for hydroxylation is 1. The topological polar surface area (TPSA) is 32.7 Å². The van der Waals surface area contributed by atoms with Crippen LogP contribution in [-0.2, 0) is 4.79 Å². The number of hydrazone groups is 1. The highest BCUT2D eigenvalue weighted by atomic mass is 16.2. The summed E-state index contributed by atoms with van der Waals surface area (Å²) in [4.78, 5) is 12.4. The van der Waals surface area contributed by atoms with Gasteiger partial charge in [0.15, 0.2) is 0 Å². The minimum atomic E-state index is 0.0498. The van der Waals surface area contributed by atoms with E-state index in [1.807, 2.05) is 31.2 Å². The van der Waals surface area contributed by atoms with Crippen LogP contribution in [0.1, 0.15) is 37.7 Å². The van der Waals surface area contributed by atoms with Crippen molar-refractivity contribution in [2.24, 2.45) is 11.0 Å². The normalized spacial score (nSPS) is 23.6. The molecule has 0 N–H and O–H groups in total. The molecule has 1 aromatic carbocycles. The second-order valence-corrected chi connectivity index (χ2v) is 5.23. The number of rotatable bonds is 1. The number of hydrogen-bond acceptors (Lipinski definition) is 2. The third-order valence-electron chi connectivity index (χ3n) is 3.84. The smallest absolute Gasteiger partial charge is 0.256 e. The van der Waals surface area contributed by atoms with Crippen molar-refractivity contribution in [2.45, 2.75) is 39.0 Å². The molecule has 18 heavy (non-hydrogen) atoms. The number of anilines is 1. The van der Waals surface area contributed by atoms with Gasteiger partial charge in [0.1, 0.15) is 0 Å². The Hall–Kier alpha value is -1.64. The highest BCUT2D eigenvalue weighted by molar-refractivity contribution is 6.15. The van der Waals surface area contributed by atoms with E-state index in [2.05, 4.69) is 5.10 Å². The molecule has 1 aliphatic heterocycles. The van der Waals surface area contributed by atoms with Crippen molar-refractivity contribution in [1.82, 2.24) is 0 Å². The van der Waals surface area contributed by atoms with E-state index in [1.165, 1.54) is 18.4 Å². The van der Waals surface area contributed by atoms with Crippen LogP contribution >= 0.6 is 0 Å². The largest absolute Gasteiger partial charge is 0.272 e. The van der Waals surface area contributed by atoms with Gasteiger partial charge in [-0.25, -0.2) is 5.01 Å². The zero-order chi connectivity index (χ0) is 12.5. The average Bonchev–Trinajstić information content (AvgIpc) is 2.57. The van der Waals surface area contributed by atoms with Crippen LogP contribution in [0.25, 0.3) is 0 Å². The number of amides is 1. The molecule has 1 fully saturated rings. The average molecular weight is 242 g/mol. The second kappa shape index (κ2) is 4.56. The van der Waals surface area contributed by atoms with Crippen LogP contribution in [0.5, 0.6) is 0 Å². The van der Waals surface area contributed by atoms with E-state index < -0.39 is 0 Å². The lowest BCUT2D eigenvalue weighted by Crippen LogP contribution is -2.26. The molecule has 0 aromatic heterocycles. The standard InChI is InChI=1S/C15H18N2O/c1-11-7-9-12(10-8-11)17-15(18)13-5-3-2-4-6-14(13)16-17/h7-10,13H,2-6H2,1H3. The molecule has 1 saturated carbocycles. The molecule has 1 atom stereocenters. The van der Waals surface area contributed by atoms with Gasteiger partial charge in [0, 0.05) is 0 Å². The van der Waals surface area contributed by atoms with Gasteiger partial charge < -0.3 is 0 Å². The van der Waals surface area contributed by atoms with Crippen LogP contribution in [0, 0.1) is 12.8 Å². The fourth-order valence-electron chi connectivity index (χ4n) is 2.75. The van der Waals surface area contributed by atoms with E-state index in [0.717, 1.165) is 30.7 Å². The van der Waals surface area contributed by atoms with Gasteiger partial charge >= 0.3 is 0 Å². The van der Waals surface area contributed by atoms with Crippen molar-refractivity contribution in [1.29, 1.82) is 0 Å². The van der Waals surface area contributed by atoms with Crippen LogP contribution < -0.4 is 5.01 Å². The Bertz CT molecular complexity index is 490. The van der Waals surface area contributed by atoms with Gasteiger partial charge in [0.2, 0.25) is 0 Å². The Balaban J connectivity index is 1.90. The summed E-state index contributed by atoms with van der Waals surface area (Å²) in [7, 11) is 0. The second-order valence-electron chi connectivity index (χ2n) is 5.23. The minimum Gasteiger partial charge on any atom is -0.272 e. The van der Waals surface area contributed by atoms with Crippen molar-refractivity contribution in [3.63, 3.8) is 0 Å². The summed E-state index contributed by atoms with van der Waals surface area (Å²) in [6, 6.07) is 8.00. The van der Waals surface area contributed by atoms with Gasteiger partial charge in [-0.15, -0.1) is 0 Å². The Morgan fingerprint density at radius 2 is 1.94 bits per heavy atom. The molecule has 2 aliphatic rings. The maximum absolute atomic E-state index is 12.4. The van der Waals surface area contributed by atoms with E-state index >= 15 is 0 Å².